The molecule has 0 spiro atoms. The number of carbonyl (C=O) groups excluding carboxylic acids is 1. The molecule has 0 saturated carbocycles. The van der Waals surface area contributed by atoms with Crippen molar-refractivity contribution in [2.45, 2.75) is 6.54 Å². The zero-order chi connectivity index (χ0) is 12.8. The Balaban J connectivity index is 2.09. The zero-order valence-corrected chi connectivity index (χ0v) is 10.2. The Morgan fingerprint density at radius 2 is 1.72 bits per heavy atom. The van der Waals surface area contributed by atoms with Gasteiger partial charge in [-0.05, 0) is 18.2 Å². The normalized spacial score (nSPS) is 22.0. The summed E-state index contributed by atoms with van der Waals surface area (Å²) in [5, 5.41) is 13.3. The minimum Gasteiger partial charge on any atom is -0.619 e. The first-order valence-corrected chi connectivity index (χ1v) is 5.97. The highest BCUT2D eigenvalue weighted by Crippen LogP contribution is 2.35. The van der Waals surface area contributed by atoms with Crippen molar-refractivity contribution in [2.24, 2.45) is 0 Å². The standard InChI is InChI=1S/C14H10ClNO2/c15-11-5-7-12(8-6-11)16(18)9-10-3-1-2-4-13(10)14(16)17/h1-8H,9H2/t16-/m0/s1. The second-order valence-corrected chi connectivity index (χ2v) is 4.77. The number of hydroxylamine groups is 2. The molecular formula is C14H10ClNO2. The summed E-state index contributed by atoms with van der Waals surface area (Å²) in [5.41, 5.74) is 1.73. The maximum Gasteiger partial charge on any atom is 0.351 e. The van der Waals surface area contributed by atoms with Gasteiger partial charge in [-0.15, -0.1) is 0 Å². The average Bonchev–Trinajstić information content (AvgIpc) is 2.64. The fraction of sp³-hybridized carbons (Fsp3) is 0.0714. The lowest BCUT2D eigenvalue weighted by Gasteiger charge is -2.34. The second kappa shape index (κ2) is 3.92. The van der Waals surface area contributed by atoms with Gasteiger partial charge >= 0.3 is 5.91 Å². The number of benzene rings is 2. The smallest absolute Gasteiger partial charge is 0.351 e. The summed E-state index contributed by atoms with van der Waals surface area (Å²) >= 11 is 5.80. The highest BCUT2D eigenvalue weighted by molar-refractivity contribution is 6.30. The quantitative estimate of drug-likeness (QED) is 0.581. The Morgan fingerprint density at radius 3 is 2.39 bits per heavy atom. The summed E-state index contributed by atoms with van der Waals surface area (Å²) < 4.78 is -0.962. The van der Waals surface area contributed by atoms with Gasteiger partial charge in [0.15, 0.2) is 0 Å². The molecule has 3 nitrogen and oxygen atoms in total. The molecule has 2 aromatic rings. The van der Waals surface area contributed by atoms with Crippen molar-refractivity contribution < 1.29 is 4.79 Å². The number of hydrogen-bond acceptors (Lipinski definition) is 2. The molecule has 1 heterocycles. The second-order valence-electron chi connectivity index (χ2n) is 4.34. The SMILES string of the molecule is O=C1c2ccccc2C[N@+]1([O-])c1ccc(Cl)cc1. The summed E-state index contributed by atoms with van der Waals surface area (Å²) in [6, 6.07) is 13.6. The van der Waals surface area contributed by atoms with Crippen LogP contribution in [0.4, 0.5) is 5.69 Å². The van der Waals surface area contributed by atoms with Crippen LogP contribution in [0.15, 0.2) is 48.5 Å². The van der Waals surface area contributed by atoms with Crippen LogP contribution in [0.1, 0.15) is 15.9 Å². The molecule has 0 bridgehead atoms. The number of hydrogen-bond donors (Lipinski definition) is 0. The van der Waals surface area contributed by atoms with Crippen molar-refractivity contribution >= 4 is 23.2 Å². The van der Waals surface area contributed by atoms with Crippen LogP contribution in [0.25, 0.3) is 0 Å². The van der Waals surface area contributed by atoms with Crippen molar-refractivity contribution in [1.82, 2.24) is 4.65 Å². The molecule has 0 N–H and O–H groups in total. The van der Waals surface area contributed by atoms with E-state index in [0.29, 0.717) is 16.3 Å². The maximum absolute atomic E-state index is 12.7. The number of carbonyl (C=O) groups is 1. The third-order valence-corrected chi connectivity index (χ3v) is 3.46. The Bertz CT molecular complexity index is 624. The van der Waals surface area contributed by atoms with Crippen LogP contribution in [-0.4, -0.2) is 5.91 Å². The third kappa shape index (κ3) is 1.56. The van der Waals surface area contributed by atoms with E-state index >= 15 is 0 Å². The lowest BCUT2D eigenvalue weighted by Crippen LogP contribution is -2.43. The minimum absolute atomic E-state index is 0.149. The summed E-state index contributed by atoms with van der Waals surface area (Å²) in [7, 11) is 0. The maximum atomic E-state index is 12.7. The Labute approximate surface area is 109 Å². The number of fused-ring (bicyclic) bond motifs is 1. The van der Waals surface area contributed by atoms with E-state index in [1.54, 1.807) is 36.4 Å². The Morgan fingerprint density at radius 1 is 1.06 bits per heavy atom. The summed E-state index contributed by atoms with van der Waals surface area (Å²) in [6.07, 6.45) is 0. The fourth-order valence-electron chi connectivity index (χ4n) is 2.26. The van der Waals surface area contributed by atoms with E-state index in [1.165, 1.54) is 0 Å². The molecule has 4 heteroatoms. The molecule has 0 aromatic heterocycles. The average molecular weight is 260 g/mol. The molecule has 2 aromatic carbocycles. The van der Waals surface area contributed by atoms with Crippen LogP contribution >= 0.6 is 11.6 Å². The van der Waals surface area contributed by atoms with Crippen LogP contribution in [0.3, 0.4) is 0 Å². The predicted octanol–water partition coefficient (Wildman–Crippen LogP) is 3.50. The Hall–Kier alpha value is -1.68. The lowest BCUT2D eigenvalue weighted by atomic mass is 10.1. The van der Waals surface area contributed by atoms with Crippen molar-refractivity contribution in [3.05, 3.63) is 69.9 Å². The van der Waals surface area contributed by atoms with E-state index < -0.39 is 10.6 Å². The highest BCUT2D eigenvalue weighted by Gasteiger charge is 2.40. The number of amides is 1. The van der Waals surface area contributed by atoms with E-state index in [1.807, 2.05) is 12.1 Å². The molecule has 0 radical (unpaired) electrons. The van der Waals surface area contributed by atoms with Gasteiger partial charge in [-0.2, -0.15) is 0 Å². The third-order valence-electron chi connectivity index (χ3n) is 3.21. The van der Waals surface area contributed by atoms with E-state index in [2.05, 4.69) is 0 Å². The van der Waals surface area contributed by atoms with Gasteiger partial charge < -0.3 is 5.21 Å². The van der Waals surface area contributed by atoms with Crippen LogP contribution in [-0.2, 0) is 6.54 Å². The van der Waals surface area contributed by atoms with Gasteiger partial charge in [-0.1, -0.05) is 29.8 Å². The highest BCUT2D eigenvalue weighted by atomic mass is 35.5. The molecule has 1 amide bonds. The molecule has 90 valence electrons. The topological polar surface area (TPSA) is 40.1 Å². The molecule has 0 saturated heterocycles. The summed E-state index contributed by atoms with van der Waals surface area (Å²) in [6.45, 7) is 0.149. The van der Waals surface area contributed by atoms with Gasteiger partial charge in [0, 0.05) is 22.7 Å². The largest absolute Gasteiger partial charge is 0.619 e. The summed E-state index contributed by atoms with van der Waals surface area (Å²) in [4.78, 5) is 12.2. The molecule has 0 unspecified atom stereocenters. The first-order valence-electron chi connectivity index (χ1n) is 5.59. The van der Waals surface area contributed by atoms with Gasteiger partial charge in [0.2, 0.25) is 0 Å². The van der Waals surface area contributed by atoms with Crippen molar-refractivity contribution in [1.29, 1.82) is 0 Å². The monoisotopic (exact) mass is 259 g/mol. The predicted molar refractivity (Wildman–Crippen MR) is 71.1 cm³/mol. The van der Waals surface area contributed by atoms with Crippen LogP contribution in [0.5, 0.6) is 0 Å². The molecule has 18 heavy (non-hydrogen) atoms. The van der Waals surface area contributed by atoms with Crippen molar-refractivity contribution in [2.75, 3.05) is 0 Å². The number of nitrogens with zero attached hydrogens (tertiary/aromatic N) is 1. The zero-order valence-electron chi connectivity index (χ0n) is 9.47. The Kier molecular flexibility index (Phi) is 2.48. The van der Waals surface area contributed by atoms with E-state index in [4.69, 9.17) is 11.6 Å². The van der Waals surface area contributed by atoms with Gasteiger partial charge in [0.05, 0.1) is 5.56 Å². The van der Waals surface area contributed by atoms with Gasteiger partial charge in [0.25, 0.3) is 0 Å². The molecule has 3 rings (SSSR count). The van der Waals surface area contributed by atoms with Crippen molar-refractivity contribution in [3.63, 3.8) is 0 Å². The fourth-order valence-corrected chi connectivity index (χ4v) is 2.39. The van der Waals surface area contributed by atoms with Gasteiger partial charge in [-0.3, -0.25) is 4.65 Å². The summed E-state index contributed by atoms with van der Waals surface area (Å²) in [5.74, 6) is -0.409. The van der Waals surface area contributed by atoms with E-state index in [-0.39, 0.29) is 6.54 Å². The van der Waals surface area contributed by atoms with Gasteiger partial charge in [-0.25, -0.2) is 4.79 Å². The lowest BCUT2D eigenvalue weighted by molar-refractivity contribution is 0.0846. The first-order chi connectivity index (χ1) is 8.61. The molecule has 1 aliphatic heterocycles. The van der Waals surface area contributed by atoms with E-state index in [9.17, 15) is 10.0 Å². The number of quaternary nitrogens is 1. The van der Waals surface area contributed by atoms with Gasteiger partial charge in [0.1, 0.15) is 12.2 Å². The molecule has 0 aliphatic carbocycles. The van der Waals surface area contributed by atoms with Crippen LogP contribution in [0, 0.1) is 5.21 Å². The molecule has 0 fully saturated rings. The number of halogens is 1. The van der Waals surface area contributed by atoms with Crippen LogP contribution < -0.4 is 4.65 Å². The van der Waals surface area contributed by atoms with Crippen molar-refractivity contribution in [3.8, 4) is 0 Å². The molecular weight excluding hydrogens is 250 g/mol. The number of rotatable bonds is 1. The van der Waals surface area contributed by atoms with Crippen LogP contribution in [0.2, 0.25) is 5.02 Å². The molecule has 1 aliphatic rings. The minimum atomic E-state index is -0.962. The molecule has 1 atom stereocenters. The first kappa shape index (κ1) is 11.4. The van der Waals surface area contributed by atoms with E-state index in [0.717, 1.165) is 5.56 Å².